The highest BCUT2D eigenvalue weighted by Crippen LogP contribution is 2.41. The maximum atomic E-state index is 12.3. The van der Waals surface area contributed by atoms with Crippen molar-refractivity contribution in [2.24, 2.45) is 0 Å². The minimum atomic E-state index is -5.02. The first-order valence-corrected chi connectivity index (χ1v) is 6.01. The Morgan fingerprint density at radius 1 is 0.800 bits per heavy atom. The van der Waals surface area contributed by atoms with Crippen molar-refractivity contribution in [1.82, 2.24) is 0 Å². The van der Waals surface area contributed by atoms with Crippen LogP contribution in [-0.4, -0.2) is 5.11 Å². The van der Waals surface area contributed by atoms with Crippen molar-refractivity contribution in [2.45, 2.75) is 47.0 Å². The molecule has 0 radical (unpaired) electrons. The lowest BCUT2D eigenvalue weighted by Gasteiger charge is -2.14. The fourth-order valence-corrected chi connectivity index (χ4v) is 1.16. The fraction of sp³-hybridized carbons (Fsp3) is 0.538. The van der Waals surface area contributed by atoms with Gasteiger partial charge in [0.05, 0.1) is 11.1 Å². The highest BCUT2D eigenvalue weighted by Gasteiger charge is 2.39. The smallest absolute Gasteiger partial charge is 0.419 e. The quantitative estimate of drug-likeness (QED) is 0.601. The van der Waals surface area contributed by atoms with Crippen molar-refractivity contribution in [1.29, 1.82) is 0 Å². The summed E-state index contributed by atoms with van der Waals surface area (Å²) in [5.74, 6) is -1.18. The molecule has 0 fully saturated rings. The van der Waals surface area contributed by atoms with Crippen LogP contribution in [0.5, 0.6) is 5.75 Å². The average molecular weight is 304 g/mol. The summed E-state index contributed by atoms with van der Waals surface area (Å²) in [4.78, 5) is 0. The van der Waals surface area contributed by atoms with Crippen LogP contribution in [-0.2, 0) is 12.4 Å². The maximum Gasteiger partial charge on any atom is 0.419 e. The number of phenolic OH excluding ortho intramolecular Hbond substituents is 1. The van der Waals surface area contributed by atoms with Crippen LogP contribution in [0.4, 0.5) is 26.3 Å². The number of aromatic hydroxyl groups is 1. The number of alkyl halides is 6. The molecule has 0 saturated heterocycles. The maximum absolute atomic E-state index is 12.3. The third-order valence-corrected chi connectivity index (χ3v) is 1.93. The molecule has 0 aliphatic carbocycles. The van der Waals surface area contributed by atoms with E-state index in [0.717, 1.165) is 6.92 Å². The van der Waals surface area contributed by atoms with Gasteiger partial charge in [-0.3, -0.25) is 0 Å². The molecule has 1 N–H and O–H groups in total. The molecule has 0 atom stereocenters. The van der Waals surface area contributed by atoms with Crippen molar-refractivity contribution < 1.29 is 31.4 Å². The van der Waals surface area contributed by atoms with Crippen molar-refractivity contribution in [2.75, 3.05) is 0 Å². The third kappa shape index (κ3) is 5.71. The van der Waals surface area contributed by atoms with Crippen LogP contribution in [0, 0.1) is 6.92 Å². The van der Waals surface area contributed by atoms with Gasteiger partial charge < -0.3 is 5.11 Å². The molecule has 0 aliphatic rings. The largest absolute Gasteiger partial charge is 0.507 e. The molecule has 0 aromatic heterocycles. The summed E-state index contributed by atoms with van der Waals surface area (Å²) in [5.41, 5.74) is -3.59. The van der Waals surface area contributed by atoms with E-state index in [2.05, 4.69) is 0 Å². The standard InChI is InChI=1S/C9H6F6O.2C2H6/c1-4-2-5(8(10,11)12)3-6(7(4)16)9(13,14)15;2*1-2/h2-3,16H,1H3;2*1-2H3. The topological polar surface area (TPSA) is 20.2 Å². The van der Waals surface area contributed by atoms with Gasteiger partial charge >= 0.3 is 12.4 Å². The molecular formula is C13H18F6O. The molecule has 1 aromatic rings. The number of rotatable bonds is 0. The molecule has 0 bridgehead atoms. The minimum absolute atomic E-state index is 0.109. The first kappa shape index (κ1) is 20.9. The molecule has 118 valence electrons. The summed E-state index contributed by atoms with van der Waals surface area (Å²) in [6.45, 7) is 8.97. The Kier molecular flexibility index (Phi) is 8.38. The molecule has 1 rings (SSSR count). The second kappa shape index (κ2) is 8.01. The fourth-order valence-electron chi connectivity index (χ4n) is 1.16. The molecule has 1 nitrogen and oxygen atoms in total. The first-order valence-electron chi connectivity index (χ1n) is 6.01. The number of phenols is 1. The number of benzene rings is 1. The minimum Gasteiger partial charge on any atom is -0.507 e. The predicted octanol–water partition coefficient (Wildman–Crippen LogP) is 5.79. The molecule has 20 heavy (non-hydrogen) atoms. The lowest BCUT2D eigenvalue weighted by molar-refractivity contribution is -0.143. The molecule has 0 heterocycles. The van der Waals surface area contributed by atoms with E-state index in [4.69, 9.17) is 5.11 Å². The Bertz CT molecular complexity index is 407. The predicted molar refractivity (Wildman–Crippen MR) is 65.5 cm³/mol. The second-order valence-corrected chi connectivity index (χ2v) is 3.18. The summed E-state index contributed by atoms with van der Waals surface area (Å²) < 4.78 is 73.5. The van der Waals surface area contributed by atoms with Crippen molar-refractivity contribution in [3.05, 3.63) is 28.8 Å². The molecule has 7 heteroatoms. The number of hydrogen-bond acceptors (Lipinski definition) is 1. The number of aryl methyl sites for hydroxylation is 1. The van der Waals surface area contributed by atoms with Crippen molar-refractivity contribution in [3.8, 4) is 5.75 Å². The van der Waals surface area contributed by atoms with E-state index >= 15 is 0 Å². The van der Waals surface area contributed by atoms with E-state index in [1.54, 1.807) is 0 Å². The van der Waals surface area contributed by atoms with Gasteiger partial charge in [-0.1, -0.05) is 27.7 Å². The Balaban J connectivity index is 0. The first-order chi connectivity index (χ1) is 9.03. The van der Waals surface area contributed by atoms with E-state index in [1.165, 1.54) is 0 Å². The molecule has 0 amide bonds. The van der Waals surface area contributed by atoms with E-state index < -0.39 is 34.8 Å². The molecule has 1 aromatic carbocycles. The zero-order valence-electron chi connectivity index (χ0n) is 11.9. The number of hydrogen-bond donors (Lipinski definition) is 1. The summed E-state index contributed by atoms with van der Waals surface area (Å²) in [7, 11) is 0. The van der Waals surface area contributed by atoms with Gasteiger partial charge in [-0.2, -0.15) is 26.3 Å². The van der Waals surface area contributed by atoms with Crippen molar-refractivity contribution >= 4 is 0 Å². The van der Waals surface area contributed by atoms with E-state index in [1.807, 2.05) is 27.7 Å². The van der Waals surface area contributed by atoms with Crippen LogP contribution in [0.25, 0.3) is 0 Å². The molecule has 0 aliphatic heterocycles. The van der Waals surface area contributed by atoms with Crippen LogP contribution in [0.1, 0.15) is 44.4 Å². The zero-order chi connectivity index (χ0) is 16.7. The monoisotopic (exact) mass is 304 g/mol. The van der Waals surface area contributed by atoms with Gasteiger partial charge in [0.2, 0.25) is 0 Å². The Hall–Kier alpha value is -1.40. The van der Waals surface area contributed by atoms with Gasteiger partial charge in [0.1, 0.15) is 5.75 Å². The normalized spacial score (nSPS) is 10.9. The van der Waals surface area contributed by atoms with Gasteiger partial charge in [-0.15, -0.1) is 0 Å². The molecule has 0 unspecified atom stereocenters. The Morgan fingerprint density at radius 3 is 1.50 bits per heavy atom. The lowest BCUT2D eigenvalue weighted by atomic mass is 10.0. The Morgan fingerprint density at radius 2 is 1.20 bits per heavy atom. The highest BCUT2D eigenvalue weighted by molar-refractivity contribution is 5.45. The van der Waals surface area contributed by atoms with E-state index in [9.17, 15) is 26.3 Å². The molecule has 0 spiro atoms. The van der Waals surface area contributed by atoms with Crippen LogP contribution >= 0.6 is 0 Å². The summed E-state index contributed by atoms with van der Waals surface area (Å²) in [6, 6.07) is 0.354. The van der Waals surface area contributed by atoms with Crippen LogP contribution in [0.2, 0.25) is 0 Å². The van der Waals surface area contributed by atoms with Gasteiger partial charge in [0.15, 0.2) is 0 Å². The third-order valence-electron chi connectivity index (χ3n) is 1.93. The van der Waals surface area contributed by atoms with Gasteiger partial charge in [0, 0.05) is 0 Å². The van der Waals surface area contributed by atoms with E-state index in [0.29, 0.717) is 6.07 Å². The second-order valence-electron chi connectivity index (χ2n) is 3.18. The SMILES string of the molecule is CC.CC.Cc1cc(C(F)(F)F)cc(C(F)(F)F)c1O. The van der Waals surface area contributed by atoms with Crippen LogP contribution < -0.4 is 0 Å². The average Bonchev–Trinajstić information content (AvgIpc) is 2.34. The highest BCUT2D eigenvalue weighted by atomic mass is 19.4. The summed E-state index contributed by atoms with van der Waals surface area (Å²) in [6.07, 6.45) is -9.89. The molecular weight excluding hydrogens is 286 g/mol. The Labute approximate surface area is 114 Å². The zero-order valence-corrected chi connectivity index (χ0v) is 11.9. The summed E-state index contributed by atoms with van der Waals surface area (Å²) >= 11 is 0. The van der Waals surface area contributed by atoms with Gasteiger partial charge in [-0.25, -0.2) is 0 Å². The lowest BCUT2D eigenvalue weighted by Crippen LogP contribution is -2.11. The van der Waals surface area contributed by atoms with Crippen LogP contribution in [0.3, 0.4) is 0 Å². The van der Waals surface area contributed by atoms with E-state index in [-0.39, 0.29) is 6.07 Å². The summed E-state index contributed by atoms with van der Waals surface area (Å²) in [5, 5.41) is 9.04. The number of halogens is 6. The molecule has 0 saturated carbocycles. The van der Waals surface area contributed by atoms with Crippen LogP contribution in [0.15, 0.2) is 12.1 Å². The van der Waals surface area contributed by atoms with Crippen molar-refractivity contribution in [3.63, 3.8) is 0 Å². The van der Waals surface area contributed by atoms with Gasteiger partial charge in [-0.05, 0) is 24.6 Å². The van der Waals surface area contributed by atoms with Gasteiger partial charge in [0.25, 0.3) is 0 Å².